The summed E-state index contributed by atoms with van der Waals surface area (Å²) in [6.45, 7) is 4.32. The van der Waals surface area contributed by atoms with Gasteiger partial charge in [0.05, 0.1) is 11.9 Å². The van der Waals surface area contributed by atoms with Crippen molar-refractivity contribution in [1.29, 1.82) is 0 Å². The Bertz CT molecular complexity index is 1120. The Labute approximate surface area is 206 Å². The largest absolute Gasteiger partial charge is 0.420 e. The number of aromatic nitrogens is 1. The average molecular weight is 473 g/mol. The minimum Gasteiger partial charge on any atom is -0.391 e. The van der Waals surface area contributed by atoms with Crippen LogP contribution in [0.25, 0.3) is 0 Å². The number of benzene rings is 2. The number of hydrogen-bond acceptors (Lipinski definition) is 5. The number of amides is 2. The molecule has 2 heterocycles. The fourth-order valence-corrected chi connectivity index (χ4v) is 4.36. The molecule has 1 N–H and O–H groups in total. The topological polar surface area (TPSA) is 74.8 Å². The third-order valence-corrected chi connectivity index (χ3v) is 6.43. The maximum Gasteiger partial charge on any atom is 0.420 e. The van der Waals surface area contributed by atoms with Gasteiger partial charge in [0.1, 0.15) is 0 Å². The van der Waals surface area contributed by atoms with Gasteiger partial charge in [-0.25, -0.2) is 9.78 Å². The van der Waals surface area contributed by atoms with Crippen molar-refractivity contribution >= 4 is 23.4 Å². The summed E-state index contributed by atoms with van der Waals surface area (Å²) in [5.41, 5.74) is 3.04. The maximum atomic E-state index is 12.7. The Morgan fingerprint density at radius 1 is 1.06 bits per heavy atom. The van der Waals surface area contributed by atoms with Crippen molar-refractivity contribution in [3.8, 4) is 5.88 Å². The van der Waals surface area contributed by atoms with Crippen LogP contribution in [0, 0.1) is 0 Å². The van der Waals surface area contributed by atoms with E-state index in [0.717, 1.165) is 13.1 Å². The second-order valence-corrected chi connectivity index (χ2v) is 8.83. The predicted molar refractivity (Wildman–Crippen MR) is 138 cm³/mol. The third-order valence-electron chi connectivity index (χ3n) is 6.43. The standard InChI is InChI=1S/C28H32N4O3/c1-3-24-9-7-8-18-32(24)20-21-12-14-22(15-13-21)27(33)30-23-16-17-26(29-19-23)35-28(34)31(2)25-10-5-4-6-11-25/h4-6,10-17,19,24H,3,7-9,18,20H2,1-2H3,(H,30,33). The molecule has 7 heteroatoms. The molecule has 0 saturated carbocycles. The van der Waals surface area contributed by atoms with Crippen LogP contribution in [0.1, 0.15) is 48.5 Å². The van der Waals surface area contributed by atoms with Crippen molar-refractivity contribution in [3.63, 3.8) is 0 Å². The lowest BCUT2D eigenvalue weighted by atomic mass is 9.99. The van der Waals surface area contributed by atoms with Crippen LogP contribution in [-0.4, -0.2) is 41.5 Å². The Balaban J connectivity index is 1.30. The lowest BCUT2D eigenvalue weighted by molar-refractivity contribution is 0.102. The van der Waals surface area contributed by atoms with Crippen LogP contribution in [0.5, 0.6) is 5.88 Å². The molecule has 0 radical (unpaired) electrons. The number of piperidine rings is 1. The number of anilines is 2. The van der Waals surface area contributed by atoms with Crippen LogP contribution in [0.15, 0.2) is 72.9 Å². The summed E-state index contributed by atoms with van der Waals surface area (Å²) in [6, 6.07) is 20.8. The number of carbonyl (C=O) groups excluding carboxylic acids is 2. The number of hydrogen-bond donors (Lipinski definition) is 1. The summed E-state index contributed by atoms with van der Waals surface area (Å²) < 4.78 is 5.33. The van der Waals surface area contributed by atoms with E-state index in [1.165, 1.54) is 42.3 Å². The highest BCUT2D eigenvalue weighted by Crippen LogP contribution is 2.22. The van der Waals surface area contributed by atoms with Gasteiger partial charge in [-0.3, -0.25) is 14.6 Å². The van der Waals surface area contributed by atoms with Gasteiger partial charge in [-0.2, -0.15) is 0 Å². The normalized spacial score (nSPS) is 15.9. The van der Waals surface area contributed by atoms with Crippen LogP contribution in [0.3, 0.4) is 0 Å². The number of likely N-dealkylation sites (tertiary alicyclic amines) is 1. The van der Waals surface area contributed by atoms with Crippen LogP contribution < -0.4 is 15.0 Å². The number of ether oxygens (including phenoxy) is 1. The van der Waals surface area contributed by atoms with Crippen molar-refractivity contribution in [1.82, 2.24) is 9.88 Å². The number of carbonyl (C=O) groups is 2. The quantitative estimate of drug-likeness (QED) is 0.475. The first kappa shape index (κ1) is 24.4. The summed E-state index contributed by atoms with van der Waals surface area (Å²) in [7, 11) is 1.63. The van der Waals surface area contributed by atoms with Crippen molar-refractivity contribution in [2.45, 2.75) is 45.2 Å². The average Bonchev–Trinajstić information content (AvgIpc) is 2.90. The molecular weight excluding hydrogens is 440 g/mol. The van der Waals surface area contributed by atoms with Gasteiger partial charge in [0.25, 0.3) is 5.91 Å². The second kappa shape index (κ2) is 11.6. The Morgan fingerprint density at radius 3 is 2.51 bits per heavy atom. The molecule has 7 nitrogen and oxygen atoms in total. The van der Waals surface area contributed by atoms with Gasteiger partial charge in [-0.1, -0.05) is 43.7 Å². The van der Waals surface area contributed by atoms with E-state index >= 15 is 0 Å². The lowest BCUT2D eigenvalue weighted by Gasteiger charge is -2.35. The molecule has 4 rings (SSSR count). The number of para-hydroxylation sites is 1. The van der Waals surface area contributed by atoms with E-state index in [4.69, 9.17) is 4.74 Å². The van der Waals surface area contributed by atoms with Gasteiger partial charge in [-0.15, -0.1) is 0 Å². The molecule has 1 saturated heterocycles. The molecule has 0 spiro atoms. The van der Waals surface area contributed by atoms with Crippen LogP contribution in [0.2, 0.25) is 0 Å². The first-order valence-electron chi connectivity index (χ1n) is 12.1. The van der Waals surface area contributed by atoms with Crippen molar-refractivity contribution in [2.24, 2.45) is 0 Å². The molecule has 1 atom stereocenters. The van der Waals surface area contributed by atoms with Crippen LogP contribution in [-0.2, 0) is 6.54 Å². The molecule has 2 aromatic carbocycles. The minimum atomic E-state index is -0.546. The van der Waals surface area contributed by atoms with E-state index in [1.54, 1.807) is 19.2 Å². The fraction of sp³-hybridized carbons (Fsp3) is 0.321. The third kappa shape index (κ3) is 6.45. The van der Waals surface area contributed by atoms with Crippen molar-refractivity contribution < 1.29 is 14.3 Å². The Morgan fingerprint density at radius 2 is 1.83 bits per heavy atom. The lowest BCUT2D eigenvalue weighted by Crippen LogP contribution is -2.38. The zero-order valence-corrected chi connectivity index (χ0v) is 20.3. The van der Waals surface area contributed by atoms with Gasteiger partial charge in [0.15, 0.2) is 0 Å². The SMILES string of the molecule is CCC1CCCCN1Cc1ccc(C(=O)Nc2ccc(OC(=O)N(C)c3ccccc3)nc2)cc1. The van der Waals surface area contributed by atoms with E-state index in [0.29, 0.717) is 23.0 Å². The van der Waals surface area contributed by atoms with E-state index in [1.807, 2.05) is 54.6 Å². The van der Waals surface area contributed by atoms with E-state index in [-0.39, 0.29) is 11.8 Å². The summed E-state index contributed by atoms with van der Waals surface area (Å²) >= 11 is 0. The Kier molecular flexibility index (Phi) is 8.11. The highest BCUT2D eigenvalue weighted by molar-refractivity contribution is 6.04. The summed E-state index contributed by atoms with van der Waals surface area (Å²) in [5.74, 6) is -0.0560. The Hall–Kier alpha value is -3.71. The number of nitrogens with one attached hydrogen (secondary N) is 1. The molecular formula is C28H32N4O3. The van der Waals surface area contributed by atoms with Gasteiger partial charge >= 0.3 is 6.09 Å². The molecule has 0 bridgehead atoms. The van der Waals surface area contributed by atoms with E-state index in [2.05, 4.69) is 22.1 Å². The van der Waals surface area contributed by atoms with Crippen molar-refractivity contribution in [3.05, 3.63) is 84.1 Å². The molecule has 1 aromatic heterocycles. The van der Waals surface area contributed by atoms with Gasteiger partial charge in [0, 0.05) is 37.0 Å². The molecule has 1 aliphatic heterocycles. The van der Waals surface area contributed by atoms with Gasteiger partial charge in [0.2, 0.25) is 5.88 Å². The minimum absolute atomic E-state index is 0.156. The first-order chi connectivity index (χ1) is 17.0. The van der Waals surface area contributed by atoms with Gasteiger partial charge in [-0.05, 0) is 61.7 Å². The number of rotatable bonds is 7. The fourth-order valence-electron chi connectivity index (χ4n) is 4.36. The second-order valence-electron chi connectivity index (χ2n) is 8.83. The summed E-state index contributed by atoms with van der Waals surface area (Å²) in [5, 5.41) is 2.84. The van der Waals surface area contributed by atoms with Crippen LogP contribution in [0.4, 0.5) is 16.2 Å². The van der Waals surface area contributed by atoms with E-state index < -0.39 is 6.09 Å². The highest BCUT2D eigenvalue weighted by atomic mass is 16.6. The summed E-state index contributed by atoms with van der Waals surface area (Å²) in [4.78, 5) is 33.1. The molecule has 0 aliphatic carbocycles. The van der Waals surface area contributed by atoms with E-state index in [9.17, 15) is 9.59 Å². The monoisotopic (exact) mass is 472 g/mol. The smallest absolute Gasteiger partial charge is 0.391 e. The molecule has 182 valence electrons. The molecule has 1 unspecified atom stereocenters. The highest BCUT2D eigenvalue weighted by Gasteiger charge is 2.20. The zero-order chi connectivity index (χ0) is 24.6. The maximum absolute atomic E-state index is 12.7. The molecule has 1 fully saturated rings. The molecule has 3 aromatic rings. The van der Waals surface area contributed by atoms with Crippen LogP contribution >= 0.6 is 0 Å². The van der Waals surface area contributed by atoms with Crippen molar-refractivity contribution in [2.75, 3.05) is 23.8 Å². The van der Waals surface area contributed by atoms with Gasteiger partial charge < -0.3 is 10.1 Å². The molecule has 1 aliphatic rings. The zero-order valence-electron chi connectivity index (χ0n) is 20.3. The predicted octanol–water partition coefficient (Wildman–Crippen LogP) is 5.73. The summed E-state index contributed by atoms with van der Waals surface area (Å²) in [6.07, 6.45) is 5.95. The number of nitrogens with zero attached hydrogens (tertiary/aromatic N) is 3. The molecule has 2 amide bonds. The molecule has 35 heavy (non-hydrogen) atoms. The first-order valence-corrected chi connectivity index (χ1v) is 12.1. The number of pyridine rings is 1.